The average molecular weight is 162 g/mol. The maximum atomic E-state index is 11.8. The largest absolute Gasteiger partial charge is 0.481 e. The maximum absolute atomic E-state index is 11.8. The van der Waals surface area contributed by atoms with Crippen molar-refractivity contribution in [2.45, 2.75) is 13.0 Å². The van der Waals surface area contributed by atoms with Gasteiger partial charge in [0.1, 0.15) is 6.54 Å². The molecule has 5 heteroatoms. The quantitative estimate of drug-likeness (QED) is 0.666. The SMILES string of the molecule is COc1ccnn1CC(F)F. The zero-order valence-electron chi connectivity index (χ0n) is 6.00. The third-order valence-electron chi connectivity index (χ3n) is 1.20. The second-order valence-electron chi connectivity index (χ2n) is 1.95. The zero-order valence-corrected chi connectivity index (χ0v) is 6.00. The van der Waals surface area contributed by atoms with Crippen molar-refractivity contribution >= 4 is 0 Å². The van der Waals surface area contributed by atoms with Gasteiger partial charge < -0.3 is 4.74 Å². The van der Waals surface area contributed by atoms with Crippen LogP contribution in [0.5, 0.6) is 5.88 Å². The van der Waals surface area contributed by atoms with Gasteiger partial charge in [0.2, 0.25) is 5.88 Å². The first-order chi connectivity index (χ1) is 5.24. The molecule has 0 N–H and O–H groups in total. The normalized spacial score (nSPS) is 10.5. The van der Waals surface area contributed by atoms with E-state index in [0.717, 1.165) is 4.68 Å². The number of hydrogen-bond acceptors (Lipinski definition) is 2. The molecule has 3 nitrogen and oxygen atoms in total. The summed E-state index contributed by atoms with van der Waals surface area (Å²) in [6.45, 7) is -0.420. The van der Waals surface area contributed by atoms with Gasteiger partial charge in [0, 0.05) is 6.07 Å². The molecule has 0 aliphatic carbocycles. The number of aromatic nitrogens is 2. The summed E-state index contributed by atoms with van der Waals surface area (Å²) in [5.41, 5.74) is 0. The minimum absolute atomic E-state index is 0.352. The first-order valence-electron chi connectivity index (χ1n) is 3.08. The minimum atomic E-state index is -2.40. The summed E-state index contributed by atoms with van der Waals surface area (Å²) in [5.74, 6) is 0.352. The van der Waals surface area contributed by atoms with E-state index >= 15 is 0 Å². The maximum Gasteiger partial charge on any atom is 0.258 e. The molecular weight excluding hydrogens is 154 g/mol. The molecule has 0 aliphatic rings. The van der Waals surface area contributed by atoms with Crippen LogP contribution in [0.25, 0.3) is 0 Å². The van der Waals surface area contributed by atoms with Crippen LogP contribution in [0.1, 0.15) is 0 Å². The summed E-state index contributed by atoms with van der Waals surface area (Å²) in [6.07, 6.45) is -0.981. The second-order valence-corrected chi connectivity index (χ2v) is 1.95. The Balaban J connectivity index is 2.68. The Labute approximate surface area is 62.6 Å². The van der Waals surface area contributed by atoms with E-state index in [4.69, 9.17) is 4.74 Å². The predicted octanol–water partition coefficient (Wildman–Crippen LogP) is 1.16. The van der Waals surface area contributed by atoms with Crippen molar-refractivity contribution in [2.24, 2.45) is 0 Å². The smallest absolute Gasteiger partial charge is 0.258 e. The molecule has 0 aliphatic heterocycles. The number of ether oxygens (including phenoxy) is 1. The van der Waals surface area contributed by atoms with Crippen molar-refractivity contribution < 1.29 is 13.5 Å². The monoisotopic (exact) mass is 162 g/mol. The Hall–Kier alpha value is -1.13. The molecule has 0 fully saturated rings. The molecule has 0 atom stereocenters. The molecule has 0 unspecified atom stereocenters. The van der Waals surface area contributed by atoms with Crippen LogP contribution in [0.3, 0.4) is 0 Å². The first kappa shape index (κ1) is 7.97. The van der Waals surface area contributed by atoms with E-state index in [1.165, 1.54) is 19.4 Å². The average Bonchev–Trinajstić information content (AvgIpc) is 2.34. The Morgan fingerprint density at radius 1 is 1.73 bits per heavy atom. The molecule has 11 heavy (non-hydrogen) atoms. The fourth-order valence-electron chi connectivity index (χ4n) is 0.762. The lowest BCUT2D eigenvalue weighted by molar-refractivity contribution is 0.117. The summed E-state index contributed by atoms with van der Waals surface area (Å²) in [6, 6.07) is 1.53. The lowest BCUT2D eigenvalue weighted by atomic mass is 10.6. The van der Waals surface area contributed by atoms with Crippen molar-refractivity contribution in [1.29, 1.82) is 0 Å². The van der Waals surface area contributed by atoms with Crippen LogP contribution < -0.4 is 4.74 Å². The van der Waals surface area contributed by atoms with Gasteiger partial charge in [-0.15, -0.1) is 0 Å². The second kappa shape index (κ2) is 3.32. The van der Waals surface area contributed by atoms with Crippen LogP contribution in [-0.4, -0.2) is 23.3 Å². The van der Waals surface area contributed by atoms with Gasteiger partial charge in [-0.3, -0.25) is 0 Å². The highest BCUT2D eigenvalue weighted by molar-refractivity contribution is 5.06. The van der Waals surface area contributed by atoms with Gasteiger partial charge in [0.05, 0.1) is 13.3 Å². The number of nitrogens with zero attached hydrogens (tertiary/aromatic N) is 2. The predicted molar refractivity (Wildman–Crippen MR) is 34.8 cm³/mol. The number of halogens is 2. The molecule has 1 rings (SSSR count). The van der Waals surface area contributed by atoms with Crippen molar-refractivity contribution in [3.05, 3.63) is 12.3 Å². The third kappa shape index (κ3) is 1.89. The number of alkyl halides is 2. The summed E-state index contributed by atoms with van der Waals surface area (Å²) in [5, 5.41) is 3.64. The van der Waals surface area contributed by atoms with Gasteiger partial charge in [-0.2, -0.15) is 5.10 Å². The van der Waals surface area contributed by atoms with E-state index in [-0.39, 0.29) is 0 Å². The highest BCUT2D eigenvalue weighted by Crippen LogP contribution is 2.09. The van der Waals surface area contributed by atoms with Gasteiger partial charge in [0.15, 0.2) is 0 Å². The lowest BCUT2D eigenvalue weighted by Gasteiger charge is -2.03. The van der Waals surface area contributed by atoms with E-state index < -0.39 is 13.0 Å². The van der Waals surface area contributed by atoms with E-state index in [2.05, 4.69) is 5.10 Å². The first-order valence-corrected chi connectivity index (χ1v) is 3.08. The van der Waals surface area contributed by atoms with E-state index in [9.17, 15) is 8.78 Å². The van der Waals surface area contributed by atoms with Gasteiger partial charge in [-0.05, 0) is 0 Å². The Morgan fingerprint density at radius 2 is 2.45 bits per heavy atom. The highest BCUT2D eigenvalue weighted by Gasteiger charge is 2.07. The number of methoxy groups -OCH3 is 1. The van der Waals surface area contributed by atoms with Crippen LogP contribution in [0.2, 0.25) is 0 Å². The molecule has 0 aromatic carbocycles. The van der Waals surface area contributed by atoms with Crippen LogP contribution in [-0.2, 0) is 6.54 Å². The Kier molecular flexibility index (Phi) is 2.40. The number of rotatable bonds is 3. The zero-order chi connectivity index (χ0) is 8.27. The van der Waals surface area contributed by atoms with E-state index in [1.54, 1.807) is 0 Å². The molecular formula is C6H8F2N2O. The van der Waals surface area contributed by atoms with Gasteiger partial charge in [0.25, 0.3) is 6.43 Å². The third-order valence-corrected chi connectivity index (χ3v) is 1.20. The Bertz CT molecular complexity index is 224. The molecule has 0 amide bonds. The fourth-order valence-corrected chi connectivity index (χ4v) is 0.762. The molecule has 1 heterocycles. The van der Waals surface area contributed by atoms with Gasteiger partial charge in [-0.1, -0.05) is 0 Å². The van der Waals surface area contributed by atoms with Crippen LogP contribution in [0.15, 0.2) is 12.3 Å². The molecule has 0 spiro atoms. The summed E-state index contributed by atoms with van der Waals surface area (Å²) in [4.78, 5) is 0. The van der Waals surface area contributed by atoms with E-state index in [0.29, 0.717) is 5.88 Å². The highest BCUT2D eigenvalue weighted by atomic mass is 19.3. The van der Waals surface area contributed by atoms with Crippen LogP contribution in [0.4, 0.5) is 8.78 Å². The van der Waals surface area contributed by atoms with E-state index in [1.807, 2.05) is 0 Å². The van der Waals surface area contributed by atoms with Crippen molar-refractivity contribution in [3.63, 3.8) is 0 Å². The Morgan fingerprint density at radius 3 is 3.00 bits per heavy atom. The lowest BCUT2D eigenvalue weighted by Crippen LogP contribution is -2.09. The topological polar surface area (TPSA) is 27.1 Å². The van der Waals surface area contributed by atoms with Crippen LogP contribution >= 0.6 is 0 Å². The van der Waals surface area contributed by atoms with Crippen molar-refractivity contribution in [1.82, 2.24) is 9.78 Å². The summed E-state index contributed by atoms with van der Waals surface area (Å²) < 4.78 is 29.5. The standard InChI is InChI=1S/C6H8F2N2O/c1-11-6-2-3-9-10(6)4-5(7)8/h2-3,5H,4H2,1H3. The fraction of sp³-hybridized carbons (Fsp3) is 0.500. The molecule has 1 aromatic heterocycles. The molecule has 62 valence electrons. The van der Waals surface area contributed by atoms with Crippen molar-refractivity contribution in [3.8, 4) is 5.88 Å². The molecule has 0 saturated carbocycles. The van der Waals surface area contributed by atoms with Gasteiger partial charge in [-0.25, -0.2) is 13.5 Å². The molecule has 0 bridgehead atoms. The van der Waals surface area contributed by atoms with Crippen LogP contribution in [0, 0.1) is 0 Å². The molecule has 0 radical (unpaired) electrons. The summed E-state index contributed by atoms with van der Waals surface area (Å²) >= 11 is 0. The number of hydrogen-bond donors (Lipinski definition) is 0. The molecule has 1 aromatic rings. The van der Waals surface area contributed by atoms with Crippen molar-refractivity contribution in [2.75, 3.05) is 7.11 Å². The van der Waals surface area contributed by atoms with Gasteiger partial charge >= 0.3 is 0 Å². The minimum Gasteiger partial charge on any atom is -0.481 e. The molecule has 0 saturated heterocycles. The summed E-state index contributed by atoms with van der Waals surface area (Å²) in [7, 11) is 1.42.